The normalized spacial score (nSPS) is 14.9. The molecule has 0 aliphatic heterocycles. The summed E-state index contributed by atoms with van der Waals surface area (Å²) in [5.74, 6) is 1.05. The molecule has 0 amide bonds. The van der Waals surface area contributed by atoms with Gasteiger partial charge in [-0.25, -0.2) is 4.98 Å². The molecular weight excluding hydrogens is 298 g/mol. The third kappa shape index (κ3) is 4.44. The second-order valence-electron chi connectivity index (χ2n) is 7.05. The van der Waals surface area contributed by atoms with Crippen LogP contribution in [0.25, 0.3) is 10.6 Å². The zero-order chi connectivity index (χ0) is 16.1. The highest BCUT2D eigenvalue weighted by Gasteiger charge is 2.17. The van der Waals surface area contributed by atoms with Crippen molar-refractivity contribution in [2.24, 2.45) is 5.92 Å². The van der Waals surface area contributed by atoms with E-state index in [9.17, 15) is 0 Å². The van der Waals surface area contributed by atoms with Crippen molar-refractivity contribution in [3.8, 4) is 10.6 Å². The standard InChI is InChI=1S/C21H29NS/c1-3-7-19-20(11-5-4-8-17-9-6-10-17)23-21(22-19)18-14-12-16(2)13-15-18/h12-15,17H,3-11H2,1-2H3. The van der Waals surface area contributed by atoms with Crippen LogP contribution in [-0.4, -0.2) is 4.98 Å². The van der Waals surface area contributed by atoms with Crippen molar-refractivity contribution in [1.29, 1.82) is 0 Å². The molecule has 2 heteroatoms. The lowest BCUT2D eigenvalue weighted by molar-refractivity contribution is 0.287. The lowest BCUT2D eigenvalue weighted by Gasteiger charge is -2.24. The molecule has 0 atom stereocenters. The van der Waals surface area contributed by atoms with Gasteiger partial charge in [0.25, 0.3) is 0 Å². The maximum absolute atomic E-state index is 4.96. The van der Waals surface area contributed by atoms with Crippen molar-refractivity contribution < 1.29 is 0 Å². The summed E-state index contributed by atoms with van der Waals surface area (Å²) in [4.78, 5) is 6.50. The Kier molecular flexibility index (Phi) is 5.88. The molecule has 1 heterocycles. The van der Waals surface area contributed by atoms with E-state index in [0.717, 1.165) is 12.3 Å². The Balaban J connectivity index is 1.63. The Bertz CT molecular complexity index is 607. The van der Waals surface area contributed by atoms with E-state index in [-0.39, 0.29) is 0 Å². The van der Waals surface area contributed by atoms with Crippen LogP contribution in [0.3, 0.4) is 0 Å². The van der Waals surface area contributed by atoms with Crippen molar-refractivity contribution in [3.05, 3.63) is 40.4 Å². The Morgan fingerprint density at radius 3 is 2.52 bits per heavy atom. The minimum Gasteiger partial charge on any atom is -0.241 e. The molecular formula is C21H29NS. The van der Waals surface area contributed by atoms with Gasteiger partial charge in [-0.2, -0.15) is 0 Å². The summed E-state index contributed by atoms with van der Waals surface area (Å²) >= 11 is 1.93. The molecule has 0 unspecified atom stereocenters. The number of aryl methyl sites for hydroxylation is 3. The maximum Gasteiger partial charge on any atom is 0.123 e. The molecule has 2 aromatic rings. The lowest BCUT2D eigenvalue weighted by atomic mass is 9.82. The number of benzene rings is 1. The Morgan fingerprint density at radius 1 is 1.09 bits per heavy atom. The summed E-state index contributed by atoms with van der Waals surface area (Å²) in [5.41, 5.74) is 3.95. The molecule has 0 radical (unpaired) electrons. The van der Waals surface area contributed by atoms with Crippen molar-refractivity contribution in [3.63, 3.8) is 0 Å². The highest BCUT2D eigenvalue weighted by atomic mass is 32.1. The number of rotatable bonds is 8. The lowest BCUT2D eigenvalue weighted by Crippen LogP contribution is -2.10. The molecule has 0 spiro atoms. The molecule has 0 bridgehead atoms. The smallest absolute Gasteiger partial charge is 0.123 e. The number of nitrogens with zero attached hydrogens (tertiary/aromatic N) is 1. The highest BCUT2D eigenvalue weighted by Crippen LogP contribution is 2.33. The molecule has 1 aromatic heterocycles. The van der Waals surface area contributed by atoms with E-state index < -0.39 is 0 Å². The number of aromatic nitrogens is 1. The molecule has 23 heavy (non-hydrogen) atoms. The first-order valence-electron chi connectivity index (χ1n) is 9.32. The van der Waals surface area contributed by atoms with Crippen molar-refractivity contribution >= 4 is 11.3 Å². The molecule has 1 saturated carbocycles. The van der Waals surface area contributed by atoms with E-state index >= 15 is 0 Å². The summed E-state index contributed by atoms with van der Waals surface area (Å²) in [6, 6.07) is 8.80. The quantitative estimate of drug-likeness (QED) is 0.499. The molecule has 3 rings (SSSR count). The van der Waals surface area contributed by atoms with Gasteiger partial charge in [0.15, 0.2) is 0 Å². The van der Waals surface area contributed by atoms with E-state index in [2.05, 4.69) is 38.1 Å². The predicted octanol–water partition coefficient (Wildman–Crippen LogP) is 6.58. The second-order valence-corrected chi connectivity index (χ2v) is 8.13. The van der Waals surface area contributed by atoms with Gasteiger partial charge in [0.2, 0.25) is 0 Å². The van der Waals surface area contributed by atoms with Crippen LogP contribution in [0.4, 0.5) is 0 Å². The van der Waals surface area contributed by atoms with Gasteiger partial charge in [-0.15, -0.1) is 11.3 Å². The minimum atomic E-state index is 1.05. The van der Waals surface area contributed by atoms with Crippen LogP contribution in [-0.2, 0) is 12.8 Å². The molecule has 1 fully saturated rings. The van der Waals surface area contributed by atoms with Gasteiger partial charge in [0.05, 0.1) is 5.69 Å². The molecule has 1 nitrogen and oxygen atoms in total. The van der Waals surface area contributed by atoms with Crippen LogP contribution < -0.4 is 0 Å². The summed E-state index contributed by atoms with van der Waals surface area (Å²) in [6.45, 7) is 4.40. The Morgan fingerprint density at radius 2 is 1.87 bits per heavy atom. The van der Waals surface area contributed by atoms with E-state index in [0.29, 0.717) is 0 Å². The monoisotopic (exact) mass is 327 g/mol. The van der Waals surface area contributed by atoms with Crippen LogP contribution in [0.15, 0.2) is 24.3 Å². The number of hydrogen-bond donors (Lipinski definition) is 0. The van der Waals surface area contributed by atoms with Gasteiger partial charge in [-0.3, -0.25) is 0 Å². The van der Waals surface area contributed by atoms with E-state index in [1.807, 2.05) is 11.3 Å². The van der Waals surface area contributed by atoms with Crippen LogP contribution in [0, 0.1) is 12.8 Å². The average molecular weight is 328 g/mol. The fourth-order valence-corrected chi connectivity index (χ4v) is 4.49. The van der Waals surface area contributed by atoms with Gasteiger partial charge in [0.1, 0.15) is 5.01 Å². The van der Waals surface area contributed by atoms with E-state index in [1.54, 1.807) is 0 Å². The fraction of sp³-hybridized carbons (Fsp3) is 0.571. The predicted molar refractivity (Wildman–Crippen MR) is 101 cm³/mol. The second kappa shape index (κ2) is 8.10. The maximum atomic E-state index is 4.96. The summed E-state index contributed by atoms with van der Waals surface area (Å²) in [7, 11) is 0. The number of hydrogen-bond acceptors (Lipinski definition) is 2. The SMILES string of the molecule is CCCc1nc(-c2ccc(C)cc2)sc1CCCCC1CCC1. The van der Waals surface area contributed by atoms with Crippen LogP contribution in [0.5, 0.6) is 0 Å². The summed E-state index contributed by atoms with van der Waals surface area (Å²) in [6.07, 6.45) is 12.2. The Labute approximate surface area is 145 Å². The largest absolute Gasteiger partial charge is 0.241 e. The number of thiazole rings is 1. The fourth-order valence-electron chi connectivity index (χ4n) is 3.33. The van der Waals surface area contributed by atoms with E-state index in [4.69, 9.17) is 4.98 Å². The topological polar surface area (TPSA) is 12.9 Å². The van der Waals surface area contributed by atoms with Crippen molar-refractivity contribution in [2.45, 2.75) is 71.6 Å². The average Bonchev–Trinajstić information content (AvgIpc) is 2.89. The highest BCUT2D eigenvalue weighted by molar-refractivity contribution is 7.15. The molecule has 1 aromatic carbocycles. The zero-order valence-electron chi connectivity index (χ0n) is 14.6. The van der Waals surface area contributed by atoms with Gasteiger partial charge in [-0.05, 0) is 32.1 Å². The zero-order valence-corrected chi connectivity index (χ0v) is 15.4. The molecule has 1 aliphatic carbocycles. The molecule has 124 valence electrons. The van der Waals surface area contributed by atoms with Gasteiger partial charge >= 0.3 is 0 Å². The van der Waals surface area contributed by atoms with Crippen LogP contribution >= 0.6 is 11.3 Å². The van der Waals surface area contributed by atoms with Gasteiger partial charge < -0.3 is 0 Å². The Hall–Kier alpha value is -1.15. The third-order valence-electron chi connectivity index (χ3n) is 5.05. The first-order chi connectivity index (χ1) is 11.3. The van der Waals surface area contributed by atoms with Gasteiger partial charge in [-0.1, -0.05) is 75.3 Å². The minimum absolute atomic E-state index is 1.05. The van der Waals surface area contributed by atoms with Crippen molar-refractivity contribution in [1.82, 2.24) is 4.98 Å². The molecule has 1 aliphatic rings. The first kappa shape index (κ1) is 16.7. The number of unbranched alkanes of at least 4 members (excludes halogenated alkanes) is 1. The first-order valence-corrected chi connectivity index (χ1v) is 10.1. The van der Waals surface area contributed by atoms with Crippen molar-refractivity contribution in [2.75, 3.05) is 0 Å². The molecule has 0 N–H and O–H groups in total. The third-order valence-corrected chi connectivity index (χ3v) is 6.26. The van der Waals surface area contributed by atoms with E-state index in [1.165, 1.54) is 78.1 Å². The summed E-state index contributed by atoms with van der Waals surface area (Å²) in [5, 5.41) is 1.21. The molecule has 0 saturated heterocycles. The van der Waals surface area contributed by atoms with Crippen LogP contribution in [0.2, 0.25) is 0 Å². The summed E-state index contributed by atoms with van der Waals surface area (Å²) < 4.78 is 0. The van der Waals surface area contributed by atoms with Crippen LogP contribution in [0.1, 0.15) is 68.0 Å². The van der Waals surface area contributed by atoms with Gasteiger partial charge in [0, 0.05) is 10.4 Å².